The molecule has 5 heteroatoms. The minimum absolute atomic E-state index is 0.180. The van der Waals surface area contributed by atoms with Gasteiger partial charge in [-0.2, -0.15) is 0 Å². The molecule has 4 nitrogen and oxygen atoms in total. The van der Waals surface area contributed by atoms with E-state index >= 15 is 0 Å². The molecule has 0 saturated carbocycles. The van der Waals surface area contributed by atoms with Crippen LogP contribution in [0.15, 0.2) is 11.4 Å². The monoisotopic (exact) mass is 286 g/mol. The van der Waals surface area contributed by atoms with Crippen LogP contribution in [-0.4, -0.2) is 28.9 Å². The maximum atomic E-state index is 11.3. The normalized spacial score (nSPS) is 14.1. The summed E-state index contributed by atoms with van der Waals surface area (Å²) in [7, 11) is 0. The minimum atomic E-state index is -1.11. The predicted octanol–water partition coefficient (Wildman–Crippen LogP) is 2.44. The zero-order chi connectivity index (χ0) is 14.3. The zero-order valence-corrected chi connectivity index (χ0v) is 12.3. The van der Waals surface area contributed by atoms with Crippen molar-refractivity contribution in [2.75, 3.05) is 6.61 Å². The first-order chi connectivity index (χ1) is 9.10. The lowest BCUT2D eigenvalue weighted by Crippen LogP contribution is -2.23. The highest BCUT2D eigenvalue weighted by Crippen LogP contribution is 2.29. The second kappa shape index (κ2) is 8.30. The molecule has 0 spiro atoms. The Morgan fingerprint density at radius 3 is 2.79 bits per heavy atom. The number of aryl methyl sites for hydroxylation is 1. The van der Waals surface area contributed by atoms with Crippen LogP contribution in [0.25, 0.3) is 0 Å². The molecule has 19 heavy (non-hydrogen) atoms. The highest BCUT2D eigenvalue weighted by atomic mass is 32.1. The molecular formula is C14H22O4S. The van der Waals surface area contributed by atoms with Crippen LogP contribution >= 0.6 is 11.3 Å². The van der Waals surface area contributed by atoms with Gasteiger partial charge in [-0.15, -0.1) is 11.3 Å². The van der Waals surface area contributed by atoms with Crippen molar-refractivity contribution in [1.82, 2.24) is 0 Å². The number of carbonyl (C=O) groups is 1. The van der Waals surface area contributed by atoms with Gasteiger partial charge in [-0.1, -0.05) is 13.3 Å². The lowest BCUT2D eigenvalue weighted by atomic mass is 10.0. The molecule has 1 heterocycles. The van der Waals surface area contributed by atoms with Crippen LogP contribution in [0.1, 0.15) is 49.7 Å². The lowest BCUT2D eigenvalue weighted by Gasteiger charge is -2.17. The van der Waals surface area contributed by atoms with Crippen LogP contribution in [0.3, 0.4) is 0 Å². The quantitative estimate of drug-likeness (QED) is 0.720. The molecule has 0 aliphatic heterocycles. The Kier molecular flexibility index (Phi) is 7.05. The summed E-state index contributed by atoms with van der Waals surface area (Å²) in [5.74, 6) is -0.485. The molecule has 0 saturated heterocycles. The summed E-state index contributed by atoms with van der Waals surface area (Å²) in [4.78, 5) is 12.0. The average Bonchev–Trinajstić information content (AvgIpc) is 2.83. The number of aliphatic hydroxyl groups excluding tert-OH is 2. The molecule has 0 fully saturated rings. The number of esters is 1. The van der Waals surface area contributed by atoms with E-state index in [1.54, 1.807) is 6.92 Å². The molecule has 1 aromatic rings. The second-order valence-corrected chi connectivity index (χ2v) is 5.38. The van der Waals surface area contributed by atoms with Crippen molar-refractivity contribution in [1.29, 1.82) is 0 Å². The molecule has 0 aliphatic rings. The van der Waals surface area contributed by atoms with Crippen molar-refractivity contribution in [3.8, 4) is 0 Å². The average molecular weight is 286 g/mol. The van der Waals surface area contributed by atoms with E-state index < -0.39 is 18.2 Å². The number of aliphatic hydroxyl groups is 2. The van der Waals surface area contributed by atoms with Crippen molar-refractivity contribution in [2.24, 2.45) is 0 Å². The van der Waals surface area contributed by atoms with Crippen LogP contribution in [0.2, 0.25) is 0 Å². The summed E-state index contributed by atoms with van der Waals surface area (Å²) in [5, 5.41) is 21.9. The molecule has 108 valence electrons. The summed E-state index contributed by atoms with van der Waals surface area (Å²) in [5.41, 5.74) is 1.06. The molecule has 1 rings (SSSR count). The Bertz CT molecular complexity index is 389. The molecule has 0 amide bonds. The number of hydrogen-bond donors (Lipinski definition) is 2. The fourth-order valence-electron chi connectivity index (χ4n) is 1.86. The molecule has 2 atom stereocenters. The SMILES string of the molecule is CCCCc1ccsc1C(O)C(O)CC(=O)OCC. The van der Waals surface area contributed by atoms with Gasteiger partial charge in [0.05, 0.1) is 19.1 Å². The predicted molar refractivity (Wildman–Crippen MR) is 75.1 cm³/mol. The largest absolute Gasteiger partial charge is 0.466 e. The van der Waals surface area contributed by atoms with Gasteiger partial charge in [0.25, 0.3) is 0 Å². The topological polar surface area (TPSA) is 66.8 Å². The van der Waals surface area contributed by atoms with Crippen LogP contribution in [0.4, 0.5) is 0 Å². The molecule has 0 aromatic carbocycles. The number of hydrogen-bond acceptors (Lipinski definition) is 5. The van der Waals surface area contributed by atoms with Crippen LogP contribution in [0.5, 0.6) is 0 Å². The highest BCUT2D eigenvalue weighted by Gasteiger charge is 2.24. The van der Waals surface area contributed by atoms with Crippen LogP contribution in [-0.2, 0) is 16.0 Å². The maximum Gasteiger partial charge on any atom is 0.308 e. The van der Waals surface area contributed by atoms with E-state index in [0.717, 1.165) is 29.7 Å². The number of unbranched alkanes of at least 4 members (excludes halogenated alkanes) is 1. The maximum absolute atomic E-state index is 11.3. The molecule has 2 unspecified atom stereocenters. The van der Waals surface area contributed by atoms with Gasteiger partial charge >= 0.3 is 5.97 Å². The third-order valence-corrected chi connectivity index (χ3v) is 3.92. The zero-order valence-electron chi connectivity index (χ0n) is 11.5. The van der Waals surface area contributed by atoms with E-state index in [-0.39, 0.29) is 13.0 Å². The molecule has 0 radical (unpaired) electrons. The van der Waals surface area contributed by atoms with E-state index in [2.05, 4.69) is 6.92 Å². The van der Waals surface area contributed by atoms with Crippen LogP contribution < -0.4 is 0 Å². The Balaban J connectivity index is 2.63. The standard InChI is InChI=1S/C14H22O4S/c1-3-5-6-10-7-8-19-14(10)13(17)11(15)9-12(16)18-4-2/h7-8,11,13,15,17H,3-6,9H2,1-2H3. The van der Waals surface area contributed by atoms with Gasteiger partial charge in [0.1, 0.15) is 6.10 Å². The molecule has 0 bridgehead atoms. The summed E-state index contributed by atoms with van der Waals surface area (Å²) in [6, 6.07) is 1.97. The van der Waals surface area contributed by atoms with Crippen LogP contribution in [0, 0.1) is 0 Å². The number of ether oxygens (including phenoxy) is 1. The number of thiophene rings is 1. The van der Waals surface area contributed by atoms with Gasteiger partial charge in [-0.25, -0.2) is 0 Å². The first-order valence-electron chi connectivity index (χ1n) is 6.68. The Morgan fingerprint density at radius 2 is 2.16 bits per heavy atom. The fourth-order valence-corrected chi connectivity index (χ4v) is 2.85. The third-order valence-electron chi connectivity index (χ3n) is 2.89. The smallest absolute Gasteiger partial charge is 0.308 e. The minimum Gasteiger partial charge on any atom is -0.466 e. The third kappa shape index (κ3) is 4.93. The van der Waals surface area contributed by atoms with Gasteiger partial charge in [-0.05, 0) is 36.8 Å². The van der Waals surface area contributed by atoms with Crippen molar-refractivity contribution in [2.45, 2.75) is 51.7 Å². The van der Waals surface area contributed by atoms with E-state index in [1.165, 1.54) is 11.3 Å². The van der Waals surface area contributed by atoms with E-state index in [9.17, 15) is 15.0 Å². The number of carbonyl (C=O) groups excluding carboxylic acids is 1. The van der Waals surface area contributed by atoms with E-state index in [1.807, 2.05) is 11.4 Å². The molecule has 1 aromatic heterocycles. The lowest BCUT2D eigenvalue weighted by molar-refractivity contribution is -0.147. The number of rotatable bonds is 8. The van der Waals surface area contributed by atoms with Crippen molar-refractivity contribution in [3.05, 3.63) is 21.9 Å². The van der Waals surface area contributed by atoms with Crippen molar-refractivity contribution in [3.63, 3.8) is 0 Å². The first-order valence-corrected chi connectivity index (χ1v) is 7.56. The van der Waals surface area contributed by atoms with E-state index in [0.29, 0.717) is 0 Å². The fraction of sp³-hybridized carbons (Fsp3) is 0.643. The second-order valence-electron chi connectivity index (χ2n) is 4.43. The first kappa shape index (κ1) is 16.1. The Morgan fingerprint density at radius 1 is 1.42 bits per heavy atom. The van der Waals surface area contributed by atoms with Gasteiger partial charge in [-0.3, -0.25) is 4.79 Å². The highest BCUT2D eigenvalue weighted by molar-refractivity contribution is 7.10. The molecule has 0 aliphatic carbocycles. The van der Waals surface area contributed by atoms with Gasteiger partial charge < -0.3 is 14.9 Å². The summed E-state index contributed by atoms with van der Waals surface area (Å²) < 4.78 is 4.77. The Labute approximate surface area is 118 Å². The summed E-state index contributed by atoms with van der Waals surface area (Å²) >= 11 is 1.41. The summed E-state index contributed by atoms with van der Waals surface area (Å²) in [6.45, 7) is 4.10. The van der Waals surface area contributed by atoms with Gasteiger partial charge in [0.15, 0.2) is 0 Å². The van der Waals surface area contributed by atoms with Crippen molar-refractivity contribution >= 4 is 17.3 Å². The Hall–Kier alpha value is -0.910. The van der Waals surface area contributed by atoms with Crippen molar-refractivity contribution < 1.29 is 19.7 Å². The molecular weight excluding hydrogens is 264 g/mol. The van der Waals surface area contributed by atoms with Gasteiger partial charge in [0, 0.05) is 4.88 Å². The van der Waals surface area contributed by atoms with E-state index in [4.69, 9.17) is 4.74 Å². The molecule has 2 N–H and O–H groups in total. The van der Waals surface area contributed by atoms with Gasteiger partial charge in [0.2, 0.25) is 0 Å². The summed E-state index contributed by atoms with van der Waals surface area (Å²) in [6.07, 6.45) is 0.703.